The lowest BCUT2D eigenvalue weighted by Crippen LogP contribution is -2.36. The minimum Gasteiger partial charge on any atom is -0.324 e. The van der Waals surface area contributed by atoms with Crippen molar-refractivity contribution in [2.75, 3.05) is 19.3 Å². The van der Waals surface area contributed by atoms with Crippen LogP contribution in [0.1, 0.15) is 25.3 Å². The zero-order chi connectivity index (χ0) is 12.3. The quantitative estimate of drug-likeness (QED) is 0.787. The number of hydrogen-bond donors (Lipinski definition) is 1. The zero-order valence-corrected chi connectivity index (χ0v) is 11.6. The summed E-state index contributed by atoms with van der Waals surface area (Å²) in [4.78, 5) is 3.69. The first-order valence-electron chi connectivity index (χ1n) is 6.30. The summed E-state index contributed by atoms with van der Waals surface area (Å²) in [6.07, 6.45) is 2.37. The van der Waals surface area contributed by atoms with E-state index in [9.17, 15) is 0 Å². The van der Waals surface area contributed by atoms with Crippen LogP contribution >= 0.6 is 11.8 Å². The number of nitrogens with zero attached hydrogens (tertiary/aromatic N) is 1. The summed E-state index contributed by atoms with van der Waals surface area (Å²) in [6.45, 7) is 4.19. The van der Waals surface area contributed by atoms with Gasteiger partial charge in [-0.05, 0) is 43.3 Å². The Hall–Kier alpha value is -0.510. The SMILES string of the molecule is CCSc1ccc(CN(C)CC2(N)CC2)cc1. The number of likely N-dealkylation sites (N-methyl/N-ethyl adjacent to an activating group) is 1. The summed E-state index contributed by atoms with van der Waals surface area (Å²) in [5.74, 6) is 1.13. The molecule has 2 N–H and O–H groups in total. The number of benzene rings is 1. The first kappa shape index (κ1) is 12.9. The van der Waals surface area contributed by atoms with Crippen LogP contribution in [-0.2, 0) is 6.54 Å². The van der Waals surface area contributed by atoms with E-state index in [0.717, 1.165) is 18.8 Å². The molecule has 0 spiro atoms. The van der Waals surface area contributed by atoms with Crippen molar-refractivity contribution in [1.82, 2.24) is 4.90 Å². The number of rotatable bonds is 6. The van der Waals surface area contributed by atoms with Gasteiger partial charge in [-0.25, -0.2) is 0 Å². The van der Waals surface area contributed by atoms with Crippen LogP contribution in [0.3, 0.4) is 0 Å². The van der Waals surface area contributed by atoms with Crippen LogP contribution in [0.4, 0.5) is 0 Å². The van der Waals surface area contributed by atoms with Crippen LogP contribution < -0.4 is 5.73 Å². The van der Waals surface area contributed by atoms with Crippen LogP contribution in [0.25, 0.3) is 0 Å². The minimum atomic E-state index is 0.118. The lowest BCUT2D eigenvalue weighted by atomic mass is 10.2. The molecule has 1 aliphatic carbocycles. The van der Waals surface area contributed by atoms with Crippen molar-refractivity contribution in [3.63, 3.8) is 0 Å². The van der Waals surface area contributed by atoms with Gasteiger partial charge >= 0.3 is 0 Å². The highest BCUT2D eigenvalue weighted by atomic mass is 32.2. The van der Waals surface area contributed by atoms with Gasteiger partial charge in [-0.15, -0.1) is 11.8 Å². The normalized spacial score (nSPS) is 17.4. The largest absolute Gasteiger partial charge is 0.324 e. The van der Waals surface area contributed by atoms with Crippen LogP contribution in [0.2, 0.25) is 0 Å². The maximum absolute atomic E-state index is 6.12. The Morgan fingerprint density at radius 2 is 1.94 bits per heavy atom. The Kier molecular flexibility index (Phi) is 4.13. The maximum atomic E-state index is 6.12. The molecule has 1 saturated carbocycles. The molecule has 0 amide bonds. The van der Waals surface area contributed by atoms with Crippen LogP contribution in [-0.4, -0.2) is 29.8 Å². The summed E-state index contributed by atoms with van der Waals surface area (Å²) in [6, 6.07) is 8.88. The highest BCUT2D eigenvalue weighted by Crippen LogP contribution is 2.32. The van der Waals surface area contributed by atoms with Gasteiger partial charge in [0.25, 0.3) is 0 Å². The van der Waals surface area contributed by atoms with Crippen molar-refractivity contribution in [3.05, 3.63) is 29.8 Å². The lowest BCUT2D eigenvalue weighted by molar-refractivity contribution is 0.295. The summed E-state index contributed by atoms with van der Waals surface area (Å²) < 4.78 is 0. The number of hydrogen-bond acceptors (Lipinski definition) is 3. The number of thioether (sulfide) groups is 1. The molecule has 0 heterocycles. The van der Waals surface area contributed by atoms with E-state index in [0.29, 0.717) is 0 Å². The molecule has 17 heavy (non-hydrogen) atoms. The summed E-state index contributed by atoms with van der Waals surface area (Å²) in [7, 11) is 2.15. The molecular weight excluding hydrogens is 228 g/mol. The lowest BCUT2D eigenvalue weighted by Gasteiger charge is -2.20. The molecule has 94 valence electrons. The van der Waals surface area contributed by atoms with Gasteiger partial charge in [0.1, 0.15) is 0 Å². The van der Waals surface area contributed by atoms with Crippen molar-refractivity contribution in [1.29, 1.82) is 0 Å². The van der Waals surface area contributed by atoms with E-state index in [2.05, 4.69) is 43.1 Å². The molecule has 0 unspecified atom stereocenters. The topological polar surface area (TPSA) is 29.3 Å². The average molecular weight is 250 g/mol. The van der Waals surface area contributed by atoms with E-state index < -0.39 is 0 Å². The molecule has 0 radical (unpaired) electrons. The second-order valence-corrected chi connectivity index (χ2v) is 6.45. The van der Waals surface area contributed by atoms with Crippen LogP contribution in [0.15, 0.2) is 29.2 Å². The van der Waals surface area contributed by atoms with Crippen molar-refractivity contribution in [2.24, 2.45) is 5.73 Å². The predicted octanol–water partition coefficient (Wildman–Crippen LogP) is 2.72. The highest BCUT2D eigenvalue weighted by molar-refractivity contribution is 7.99. The molecule has 2 rings (SSSR count). The Bertz CT molecular complexity index is 357. The van der Waals surface area contributed by atoms with Crippen LogP contribution in [0.5, 0.6) is 0 Å². The van der Waals surface area contributed by atoms with Crippen molar-refractivity contribution >= 4 is 11.8 Å². The fourth-order valence-corrected chi connectivity index (χ4v) is 2.74. The Morgan fingerprint density at radius 1 is 1.29 bits per heavy atom. The molecule has 2 nitrogen and oxygen atoms in total. The predicted molar refractivity (Wildman–Crippen MR) is 75.3 cm³/mol. The fraction of sp³-hybridized carbons (Fsp3) is 0.571. The van der Waals surface area contributed by atoms with E-state index >= 15 is 0 Å². The van der Waals surface area contributed by atoms with Gasteiger partial charge in [0.05, 0.1) is 0 Å². The van der Waals surface area contributed by atoms with Gasteiger partial charge in [-0.3, -0.25) is 0 Å². The second kappa shape index (κ2) is 5.42. The molecule has 1 fully saturated rings. The highest BCUT2D eigenvalue weighted by Gasteiger charge is 2.38. The van der Waals surface area contributed by atoms with Gasteiger partial charge < -0.3 is 10.6 Å². The van der Waals surface area contributed by atoms with E-state index in [1.807, 2.05) is 11.8 Å². The summed E-state index contributed by atoms with van der Waals surface area (Å²) >= 11 is 1.89. The maximum Gasteiger partial charge on any atom is 0.0284 e. The Balaban J connectivity index is 1.85. The van der Waals surface area contributed by atoms with Gasteiger partial charge in [-0.1, -0.05) is 19.1 Å². The first-order chi connectivity index (χ1) is 8.11. The van der Waals surface area contributed by atoms with Crippen molar-refractivity contribution in [3.8, 4) is 0 Å². The molecule has 1 aromatic carbocycles. The molecule has 0 aliphatic heterocycles. The van der Waals surface area contributed by atoms with Crippen LogP contribution in [0, 0.1) is 0 Å². The molecule has 1 aromatic rings. The fourth-order valence-electron chi connectivity index (χ4n) is 2.08. The average Bonchev–Trinajstić information content (AvgIpc) is 2.99. The van der Waals surface area contributed by atoms with E-state index in [-0.39, 0.29) is 5.54 Å². The molecule has 0 aromatic heterocycles. The molecular formula is C14H22N2S. The van der Waals surface area contributed by atoms with E-state index in [1.165, 1.54) is 23.3 Å². The Labute approximate surface area is 109 Å². The smallest absolute Gasteiger partial charge is 0.0284 e. The van der Waals surface area contributed by atoms with E-state index in [4.69, 9.17) is 5.73 Å². The van der Waals surface area contributed by atoms with Gasteiger partial charge in [0.2, 0.25) is 0 Å². The van der Waals surface area contributed by atoms with Gasteiger partial charge in [0, 0.05) is 23.5 Å². The molecule has 0 saturated heterocycles. The molecule has 0 atom stereocenters. The van der Waals surface area contributed by atoms with E-state index in [1.54, 1.807) is 0 Å². The third-order valence-electron chi connectivity index (χ3n) is 3.16. The number of nitrogens with two attached hydrogens (primary N) is 1. The summed E-state index contributed by atoms with van der Waals surface area (Å²) in [5, 5.41) is 0. The minimum absolute atomic E-state index is 0.118. The third-order valence-corrected chi connectivity index (χ3v) is 4.06. The van der Waals surface area contributed by atoms with Gasteiger partial charge in [-0.2, -0.15) is 0 Å². The first-order valence-corrected chi connectivity index (χ1v) is 7.29. The summed E-state index contributed by atoms with van der Waals surface area (Å²) in [5.41, 5.74) is 7.61. The molecule has 1 aliphatic rings. The second-order valence-electron chi connectivity index (χ2n) is 5.11. The standard InChI is InChI=1S/C14H22N2S/c1-3-17-13-6-4-12(5-7-13)10-16(2)11-14(15)8-9-14/h4-7H,3,8-11,15H2,1-2H3. The van der Waals surface area contributed by atoms with Crippen molar-refractivity contribution in [2.45, 2.75) is 36.7 Å². The van der Waals surface area contributed by atoms with Gasteiger partial charge in [0.15, 0.2) is 0 Å². The third kappa shape index (κ3) is 4.02. The van der Waals surface area contributed by atoms with Crippen molar-refractivity contribution < 1.29 is 0 Å². The zero-order valence-electron chi connectivity index (χ0n) is 10.8. The molecule has 3 heteroatoms. The monoisotopic (exact) mass is 250 g/mol. The Morgan fingerprint density at radius 3 is 2.47 bits per heavy atom. The molecule has 0 bridgehead atoms.